The highest BCUT2D eigenvalue weighted by Crippen LogP contribution is 2.02. The third kappa shape index (κ3) is 2.83. The van der Waals surface area contributed by atoms with E-state index in [0.717, 1.165) is 11.9 Å². The molecular weight excluding hydrogens is 193 g/mol. The van der Waals surface area contributed by atoms with Gasteiger partial charge >= 0.3 is 0 Å². The highest BCUT2D eigenvalue weighted by atomic mass is 14.3. The summed E-state index contributed by atoms with van der Waals surface area (Å²) in [5, 5.41) is 5.43. The van der Waals surface area contributed by atoms with Crippen LogP contribution in [0.1, 0.15) is 11.1 Å². The van der Waals surface area contributed by atoms with Crippen LogP contribution in [-0.2, 0) is 6.32 Å². The van der Waals surface area contributed by atoms with E-state index in [1.165, 1.54) is 11.0 Å². The molecule has 2 radical (unpaired) electrons. The molecule has 78 valence electrons. The summed E-state index contributed by atoms with van der Waals surface area (Å²) in [5.74, 6) is 0. The Hall–Kier alpha value is -1.83. The maximum atomic E-state index is 5.43. The molecule has 0 amide bonds. The summed E-state index contributed by atoms with van der Waals surface area (Å²) in [4.78, 5) is 0. The lowest BCUT2D eigenvalue weighted by atomic mass is 9.65. The second kappa shape index (κ2) is 5.31. The summed E-state index contributed by atoms with van der Waals surface area (Å²) in [6.45, 7) is 0. The summed E-state index contributed by atoms with van der Waals surface area (Å²) in [7, 11) is 2.22. The molecule has 0 heterocycles. The van der Waals surface area contributed by atoms with Crippen LogP contribution in [0.4, 0.5) is 0 Å². The van der Waals surface area contributed by atoms with E-state index in [9.17, 15) is 0 Å². The van der Waals surface area contributed by atoms with Crippen molar-refractivity contribution in [1.82, 2.24) is 0 Å². The molecule has 2 rings (SSSR count). The van der Waals surface area contributed by atoms with E-state index in [2.05, 4.69) is 43.7 Å². The van der Waals surface area contributed by atoms with Gasteiger partial charge in [-0.2, -0.15) is 0 Å². The number of hydrogen-bond acceptors (Lipinski definition) is 0. The third-order valence-corrected chi connectivity index (χ3v) is 2.55. The van der Waals surface area contributed by atoms with Crippen molar-refractivity contribution >= 4 is 19.0 Å². The van der Waals surface area contributed by atoms with Crippen LogP contribution in [0.25, 0.3) is 0 Å². The first-order valence-corrected chi connectivity index (χ1v) is 5.40. The molecule has 0 aliphatic heterocycles. The molecule has 16 heavy (non-hydrogen) atoms. The zero-order valence-electron chi connectivity index (χ0n) is 9.14. The smallest absolute Gasteiger partial charge is 0.167 e. The van der Waals surface area contributed by atoms with E-state index >= 15 is 0 Å². The lowest BCUT2D eigenvalue weighted by molar-refractivity contribution is -0.104. The number of hydrogen-bond donors (Lipinski definition) is 1. The Kier molecular flexibility index (Phi) is 3.55. The van der Waals surface area contributed by atoms with Crippen molar-refractivity contribution in [1.29, 1.82) is 0 Å². The fourth-order valence-electron chi connectivity index (χ4n) is 1.59. The molecule has 0 aliphatic rings. The first-order valence-electron chi connectivity index (χ1n) is 5.40. The molecular formula is C14H14BN. The molecule has 0 saturated heterocycles. The van der Waals surface area contributed by atoms with Crippen LogP contribution < -0.4 is 10.9 Å². The zero-order valence-corrected chi connectivity index (χ0v) is 9.14. The largest absolute Gasteiger partial charge is 0.291 e. The molecule has 0 spiro atoms. The Morgan fingerprint density at radius 2 is 1.62 bits per heavy atom. The summed E-state index contributed by atoms with van der Waals surface area (Å²) in [6, 6.07) is 18.7. The SMILES string of the molecule is [NH2+]=Cc1ccc(C[B-]c2ccccc2)cc1. The molecule has 2 aromatic rings. The van der Waals surface area contributed by atoms with Gasteiger partial charge in [-0.1, -0.05) is 35.9 Å². The van der Waals surface area contributed by atoms with Gasteiger partial charge in [0.25, 0.3) is 0 Å². The Bertz CT molecular complexity index is 448. The molecule has 0 unspecified atom stereocenters. The predicted molar refractivity (Wildman–Crippen MR) is 69.1 cm³/mol. The number of nitrogens with two attached hydrogens (primary N) is 1. The van der Waals surface area contributed by atoms with Crippen LogP contribution in [0.3, 0.4) is 0 Å². The van der Waals surface area contributed by atoms with Gasteiger partial charge in [0.15, 0.2) is 6.21 Å². The van der Waals surface area contributed by atoms with Crippen LogP contribution >= 0.6 is 0 Å². The molecule has 2 aromatic carbocycles. The molecule has 2 heteroatoms. The second-order valence-electron chi connectivity index (χ2n) is 3.73. The lowest BCUT2D eigenvalue weighted by Crippen LogP contribution is -2.29. The summed E-state index contributed by atoms with van der Waals surface area (Å²) in [6.07, 6.45) is 2.57. The van der Waals surface area contributed by atoms with Crippen molar-refractivity contribution in [3.05, 3.63) is 65.7 Å². The molecule has 0 saturated carbocycles. The topological polar surface area (TPSA) is 25.6 Å². The van der Waals surface area contributed by atoms with Gasteiger partial charge in [-0.15, -0.1) is 12.1 Å². The third-order valence-electron chi connectivity index (χ3n) is 2.55. The lowest BCUT2D eigenvalue weighted by Gasteiger charge is -2.15. The fourth-order valence-corrected chi connectivity index (χ4v) is 1.59. The fraction of sp³-hybridized carbons (Fsp3) is 0.0714. The second-order valence-corrected chi connectivity index (χ2v) is 3.73. The number of rotatable bonds is 4. The van der Waals surface area contributed by atoms with E-state index in [1.807, 2.05) is 18.2 Å². The Morgan fingerprint density at radius 3 is 2.25 bits per heavy atom. The van der Waals surface area contributed by atoms with Crippen molar-refractivity contribution in [2.75, 3.05) is 0 Å². The summed E-state index contributed by atoms with van der Waals surface area (Å²) >= 11 is 0. The number of benzene rings is 2. The van der Waals surface area contributed by atoms with E-state index in [-0.39, 0.29) is 0 Å². The quantitative estimate of drug-likeness (QED) is 0.554. The maximum Gasteiger partial charge on any atom is 0.167 e. The molecule has 1 nitrogen and oxygen atoms in total. The van der Waals surface area contributed by atoms with Crippen molar-refractivity contribution in [3.63, 3.8) is 0 Å². The molecule has 0 aliphatic carbocycles. The Morgan fingerprint density at radius 1 is 0.938 bits per heavy atom. The minimum absolute atomic E-state index is 0.953. The molecule has 0 fully saturated rings. The van der Waals surface area contributed by atoms with Crippen molar-refractivity contribution < 1.29 is 5.41 Å². The van der Waals surface area contributed by atoms with Crippen LogP contribution in [0.5, 0.6) is 0 Å². The minimum atomic E-state index is 0.953. The average Bonchev–Trinajstić information content (AvgIpc) is 2.38. The highest BCUT2D eigenvalue weighted by molar-refractivity contribution is 6.52. The van der Waals surface area contributed by atoms with E-state index in [0.29, 0.717) is 0 Å². The van der Waals surface area contributed by atoms with Gasteiger partial charge in [-0.3, -0.25) is 18.2 Å². The Labute approximate surface area is 96.9 Å². The predicted octanol–water partition coefficient (Wildman–Crippen LogP) is 0.394. The van der Waals surface area contributed by atoms with Gasteiger partial charge in [0.1, 0.15) is 0 Å². The van der Waals surface area contributed by atoms with Crippen molar-refractivity contribution in [2.45, 2.75) is 6.32 Å². The zero-order chi connectivity index (χ0) is 11.2. The van der Waals surface area contributed by atoms with Gasteiger partial charge in [-0.25, -0.2) is 6.32 Å². The van der Waals surface area contributed by atoms with Gasteiger partial charge in [0.2, 0.25) is 0 Å². The van der Waals surface area contributed by atoms with Gasteiger partial charge < -0.3 is 0 Å². The standard InChI is InChI=1S/C14H13BN/c16-11-13-8-6-12(7-9-13)10-15-14-4-2-1-3-5-14/h1-9,11,16H,10H2/q-1/p+1. The van der Waals surface area contributed by atoms with Crippen molar-refractivity contribution in [3.8, 4) is 0 Å². The van der Waals surface area contributed by atoms with Crippen LogP contribution in [0.15, 0.2) is 54.6 Å². The summed E-state index contributed by atoms with van der Waals surface area (Å²) < 4.78 is 0. The minimum Gasteiger partial charge on any atom is -0.291 e. The van der Waals surface area contributed by atoms with Crippen molar-refractivity contribution in [2.24, 2.45) is 0 Å². The van der Waals surface area contributed by atoms with Gasteiger partial charge in [0, 0.05) is 5.56 Å². The first-order chi connectivity index (χ1) is 7.88. The highest BCUT2D eigenvalue weighted by Gasteiger charge is 1.89. The average molecular weight is 207 g/mol. The maximum absolute atomic E-state index is 5.43. The van der Waals surface area contributed by atoms with E-state index in [1.54, 1.807) is 6.21 Å². The van der Waals surface area contributed by atoms with Crippen LogP contribution in [-0.4, -0.2) is 13.5 Å². The summed E-state index contributed by atoms with van der Waals surface area (Å²) in [5.41, 5.74) is 3.62. The van der Waals surface area contributed by atoms with Crippen LogP contribution in [0, 0.1) is 0 Å². The normalized spacial score (nSPS) is 10.0. The molecule has 0 bridgehead atoms. The van der Waals surface area contributed by atoms with Gasteiger partial charge in [0.05, 0.1) is 0 Å². The van der Waals surface area contributed by atoms with Crippen LogP contribution in [0.2, 0.25) is 0 Å². The Balaban J connectivity index is 1.97. The van der Waals surface area contributed by atoms with Gasteiger partial charge in [-0.05, 0) is 12.1 Å². The molecule has 0 atom stereocenters. The first kappa shape index (κ1) is 10.7. The molecule has 0 aromatic heterocycles. The van der Waals surface area contributed by atoms with E-state index in [4.69, 9.17) is 5.41 Å². The van der Waals surface area contributed by atoms with E-state index < -0.39 is 0 Å². The molecule has 2 N–H and O–H groups in total. The monoisotopic (exact) mass is 207 g/mol.